The zero-order valence-electron chi connectivity index (χ0n) is 28.1. The van der Waals surface area contributed by atoms with Gasteiger partial charge in [0.05, 0.1) is 43.3 Å². The Labute approximate surface area is 278 Å². The zero-order valence-corrected chi connectivity index (χ0v) is 28.1. The molecular weight excluding hydrogens is 594 g/mol. The van der Waals surface area contributed by atoms with Gasteiger partial charge in [-0.25, -0.2) is 0 Å². The molecule has 1 heterocycles. The highest BCUT2D eigenvalue weighted by molar-refractivity contribution is 6.00. The molecule has 47 heavy (non-hydrogen) atoms. The topological polar surface area (TPSA) is 108 Å². The summed E-state index contributed by atoms with van der Waals surface area (Å²) in [6.45, 7) is 6.72. The Morgan fingerprint density at radius 3 is 2.30 bits per heavy atom. The van der Waals surface area contributed by atoms with Crippen LogP contribution >= 0.6 is 0 Å². The Morgan fingerprint density at radius 1 is 0.979 bits per heavy atom. The van der Waals surface area contributed by atoms with Gasteiger partial charge < -0.3 is 29.7 Å². The lowest BCUT2D eigenvalue weighted by atomic mass is 10.0. The molecule has 3 amide bonds. The van der Waals surface area contributed by atoms with E-state index in [1.807, 2.05) is 74.5 Å². The highest BCUT2D eigenvalue weighted by Gasteiger charge is 2.31. The Kier molecular flexibility index (Phi) is 13.4. The number of anilines is 1. The lowest BCUT2D eigenvalue weighted by Gasteiger charge is -2.36. The number of rotatable bonds is 9. The van der Waals surface area contributed by atoms with Crippen LogP contribution in [0.5, 0.6) is 5.75 Å². The van der Waals surface area contributed by atoms with Crippen LogP contribution < -0.4 is 10.1 Å². The summed E-state index contributed by atoms with van der Waals surface area (Å²) in [6, 6.07) is 23.8. The molecule has 4 atom stereocenters. The summed E-state index contributed by atoms with van der Waals surface area (Å²) in [5, 5.41) is 13.2. The maximum atomic E-state index is 14.3. The number of nitrogens with one attached hydrogen (secondary N) is 1. The maximum Gasteiger partial charge on any atom is 0.258 e. The number of aliphatic hydroxyl groups excluding tert-OH is 1. The Bertz CT molecular complexity index is 1450. The fourth-order valence-electron chi connectivity index (χ4n) is 5.73. The van der Waals surface area contributed by atoms with Gasteiger partial charge in [0.15, 0.2) is 0 Å². The van der Waals surface area contributed by atoms with Crippen LogP contribution in [0.1, 0.15) is 61.5 Å². The number of nitrogens with zero attached hydrogens (tertiary/aromatic N) is 2. The van der Waals surface area contributed by atoms with E-state index in [2.05, 4.69) is 5.32 Å². The number of hydrogen-bond donors (Lipinski definition) is 2. The fraction of sp³-hybridized carbons (Fsp3) is 0.447. The molecule has 0 bridgehead atoms. The predicted octanol–water partition coefficient (Wildman–Crippen LogP) is 5.36. The number of carbonyl (C=O) groups is 3. The van der Waals surface area contributed by atoms with Crippen molar-refractivity contribution < 1.29 is 29.0 Å². The second kappa shape index (κ2) is 17.6. The van der Waals surface area contributed by atoms with Gasteiger partial charge in [-0.05, 0) is 62.4 Å². The van der Waals surface area contributed by atoms with Crippen LogP contribution in [0.25, 0.3) is 0 Å². The molecule has 9 heteroatoms. The Balaban J connectivity index is 1.58. The number of hydrogen-bond acceptors (Lipinski definition) is 6. The van der Waals surface area contributed by atoms with Gasteiger partial charge in [-0.2, -0.15) is 0 Å². The largest absolute Gasteiger partial charge is 0.490 e. The monoisotopic (exact) mass is 643 g/mol. The summed E-state index contributed by atoms with van der Waals surface area (Å²) >= 11 is 0. The molecule has 0 fully saturated rings. The number of amides is 3. The molecule has 0 saturated heterocycles. The third-order valence-electron chi connectivity index (χ3n) is 8.62. The van der Waals surface area contributed by atoms with Crippen molar-refractivity contribution in [1.82, 2.24) is 9.80 Å². The molecule has 9 nitrogen and oxygen atoms in total. The van der Waals surface area contributed by atoms with E-state index in [0.717, 1.165) is 30.4 Å². The summed E-state index contributed by atoms with van der Waals surface area (Å²) in [4.78, 5) is 43.7. The predicted molar refractivity (Wildman–Crippen MR) is 183 cm³/mol. The molecule has 0 saturated carbocycles. The highest BCUT2D eigenvalue weighted by atomic mass is 16.5. The van der Waals surface area contributed by atoms with Crippen molar-refractivity contribution in [1.29, 1.82) is 0 Å². The van der Waals surface area contributed by atoms with E-state index in [4.69, 9.17) is 9.47 Å². The van der Waals surface area contributed by atoms with Crippen LogP contribution in [0.15, 0.2) is 78.9 Å². The molecule has 0 radical (unpaired) electrons. The van der Waals surface area contributed by atoms with E-state index in [0.29, 0.717) is 36.6 Å². The molecule has 2 N–H and O–H groups in total. The first-order chi connectivity index (χ1) is 22.6. The van der Waals surface area contributed by atoms with Gasteiger partial charge in [0.1, 0.15) is 5.75 Å². The summed E-state index contributed by atoms with van der Waals surface area (Å²) < 4.78 is 12.7. The summed E-state index contributed by atoms with van der Waals surface area (Å²) in [5.41, 5.74) is 2.63. The van der Waals surface area contributed by atoms with E-state index in [1.165, 1.54) is 0 Å². The first-order valence-electron chi connectivity index (χ1n) is 16.6. The van der Waals surface area contributed by atoms with Gasteiger partial charge in [-0.1, -0.05) is 67.6 Å². The summed E-state index contributed by atoms with van der Waals surface area (Å²) in [5.74, 6) is -0.254. The smallest absolute Gasteiger partial charge is 0.258 e. The second-order valence-corrected chi connectivity index (χ2v) is 12.7. The second-order valence-electron chi connectivity index (χ2n) is 12.7. The van der Waals surface area contributed by atoms with Crippen LogP contribution in [0.4, 0.5) is 5.69 Å². The van der Waals surface area contributed by atoms with Gasteiger partial charge in [0, 0.05) is 38.3 Å². The molecule has 0 aliphatic carbocycles. The molecule has 4 rings (SSSR count). The highest BCUT2D eigenvalue weighted by Crippen LogP contribution is 2.28. The molecule has 1 aliphatic rings. The summed E-state index contributed by atoms with van der Waals surface area (Å²) in [7, 11) is 1.79. The molecule has 3 aromatic rings. The van der Waals surface area contributed by atoms with Crippen molar-refractivity contribution in [3.05, 3.63) is 95.6 Å². The van der Waals surface area contributed by atoms with Gasteiger partial charge in [0.2, 0.25) is 11.8 Å². The molecular formula is C38H49N3O6. The van der Waals surface area contributed by atoms with Gasteiger partial charge >= 0.3 is 0 Å². The standard InChI is InChI=1S/C38H49N3O6/c1-27-24-41(28(2)26-42)38(45)33-23-32(39-36(43)21-30-14-7-5-8-15-30)18-19-34(33)47-29(3)13-11-12-20-46-35(27)25-40(4)37(44)22-31-16-9-6-10-17-31/h5-10,14-19,23,27-29,35,42H,11-13,20-22,24-26H2,1-4H3,(H,39,43)/t27-,28-,29+,35+/m1/s1. The normalized spacial score (nSPS) is 19.9. The first-order valence-corrected chi connectivity index (χ1v) is 16.6. The van der Waals surface area contributed by atoms with Crippen molar-refractivity contribution in [3.63, 3.8) is 0 Å². The average Bonchev–Trinajstić information content (AvgIpc) is 3.06. The quantitative estimate of drug-likeness (QED) is 0.325. The Hall–Kier alpha value is -4.21. The number of benzene rings is 3. The number of likely N-dealkylation sites (N-methyl/N-ethyl adjacent to an activating group) is 1. The van der Waals surface area contributed by atoms with Gasteiger partial charge in [-0.3, -0.25) is 14.4 Å². The molecule has 0 aromatic heterocycles. The van der Waals surface area contributed by atoms with E-state index < -0.39 is 6.04 Å². The van der Waals surface area contributed by atoms with Crippen LogP contribution in [0.2, 0.25) is 0 Å². The first kappa shape index (κ1) is 35.6. The van der Waals surface area contributed by atoms with Crippen molar-refractivity contribution in [2.24, 2.45) is 5.92 Å². The molecule has 252 valence electrons. The maximum absolute atomic E-state index is 14.3. The minimum atomic E-state index is -0.502. The van der Waals surface area contributed by atoms with E-state index >= 15 is 0 Å². The lowest BCUT2D eigenvalue weighted by molar-refractivity contribution is -0.131. The number of fused-ring (bicyclic) bond motifs is 1. The zero-order chi connectivity index (χ0) is 33.8. The minimum Gasteiger partial charge on any atom is -0.490 e. The van der Waals surface area contributed by atoms with Crippen LogP contribution in [0.3, 0.4) is 0 Å². The number of aliphatic hydroxyl groups is 1. The summed E-state index contributed by atoms with van der Waals surface area (Å²) in [6.07, 6.45) is 2.46. The third-order valence-corrected chi connectivity index (χ3v) is 8.62. The van der Waals surface area contributed by atoms with E-state index in [-0.39, 0.29) is 55.4 Å². The van der Waals surface area contributed by atoms with Crippen molar-refractivity contribution >= 4 is 23.4 Å². The average molecular weight is 644 g/mol. The van der Waals surface area contributed by atoms with E-state index in [1.54, 1.807) is 42.0 Å². The van der Waals surface area contributed by atoms with Gasteiger partial charge in [0.25, 0.3) is 5.91 Å². The minimum absolute atomic E-state index is 0.00944. The molecule has 0 unspecified atom stereocenters. The van der Waals surface area contributed by atoms with Crippen LogP contribution in [-0.2, 0) is 27.2 Å². The van der Waals surface area contributed by atoms with E-state index in [9.17, 15) is 19.5 Å². The fourth-order valence-corrected chi connectivity index (χ4v) is 5.73. The third kappa shape index (κ3) is 10.7. The van der Waals surface area contributed by atoms with Crippen molar-refractivity contribution in [3.8, 4) is 5.75 Å². The van der Waals surface area contributed by atoms with Crippen molar-refractivity contribution in [2.45, 2.75) is 71.1 Å². The molecule has 1 aliphatic heterocycles. The Morgan fingerprint density at radius 2 is 1.64 bits per heavy atom. The van der Waals surface area contributed by atoms with Crippen LogP contribution in [0, 0.1) is 5.92 Å². The van der Waals surface area contributed by atoms with Crippen molar-refractivity contribution in [2.75, 3.05) is 38.7 Å². The number of ether oxygens (including phenoxy) is 2. The SMILES string of the molecule is C[C@@H]1CN([C@H](C)CO)C(=O)c2cc(NC(=O)Cc3ccccc3)ccc2O[C@@H](C)CCCCO[C@H]1CN(C)C(=O)Cc1ccccc1. The van der Waals surface area contributed by atoms with Gasteiger partial charge in [-0.15, -0.1) is 0 Å². The lowest BCUT2D eigenvalue weighted by Crippen LogP contribution is -2.48. The molecule has 0 spiro atoms. The number of carbonyl (C=O) groups excluding carboxylic acids is 3. The molecule has 3 aromatic carbocycles. The van der Waals surface area contributed by atoms with Crippen LogP contribution in [-0.4, -0.2) is 84.2 Å².